The molecule has 0 spiro atoms. The van der Waals surface area contributed by atoms with E-state index < -0.39 is 16.9 Å². The summed E-state index contributed by atoms with van der Waals surface area (Å²) in [5, 5.41) is 13.7. The Balaban J connectivity index is 1.74. The second-order valence-electron chi connectivity index (χ2n) is 7.71. The minimum atomic E-state index is -0.585. The number of allylic oxidation sites excluding steroid dienone is 1. The lowest BCUT2D eigenvalue weighted by Gasteiger charge is -2.36. The zero-order valence-electron chi connectivity index (χ0n) is 17.9. The quantitative estimate of drug-likeness (QED) is 0.365. The molecule has 1 amide bonds. The van der Waals surface area contributed by atoms with Crippen LogP contribution in [0.4, 0.5) is 5.69 Å². The van der Waals surface area contributed by atoms with Gasteiger partial charge in [-0.2, -0.15) is 0 Å². The van der Waals surface area contributed by atoms with E-state index in [1.54, 1.807) is 12.1 Å². The second kappa shape index (κ2) is 9.15. The molecule has 0 saturated carbocycles. The molecule has 9 nitrogen and oxygen atoms in total. The number of nitro benzene ring substituents is 1. The number of amides is 1. The first-order chi connectivity index (χ1) is 15.4. The Bertz CT molecular complexity index is 1040. The van der Waals surface area contributed by atoms with Crippen molar-refractivity contribution in [2.45, 2.75) is 38.6 Å². The standard InChI is InChI=1S/C22H24N4O5S/c1-3-17-19(21(28)31-2)20(14-6-8-15(9-7-14)26(29)30)25-16(13-32-22(25)23-17)12-18(27)24-10-4-5-11-24/h6-9,13,20H,3-5,10-12H2,1-2H3. The molecule has 10 heteroatoms. The molecule has 0 N–H and O–H groups in total. The number of likely N-dealkylation sites (tertiary alicyclic amines) is 1. The lowest BCUT2D eigenvalue weighted by molar-refractivity contribution is -0.384. The number of esters is 1. The first-order valence-corrected chi connectivity index (χ1v) is 11.4. The summed E-state index contributed by atoms with van der Waals surface area (Å²) in [5.74, 6) is -0.460. The van der Waals surface area contributed by atoms with E-state index in [-0.39, 0.29) is 18.0 Å². The Morgan fingerprint density at radius 2 is 1.94 bits per heavy atom. The van der Waals surface area contributed by atoms with Gasteiger partial charge in [-0.25, -0.2) is 9.79 Å². The van der Waals surface area contributed by atoms with Crippen LogP contribution in [0.25, 0.3) is 0 Å². The van der Waals surface area contributed by atoms with E-state index in [1.165, 1.54) is 31.0 Å². The number of nitro groups is 1. The number of hydrogen-bond donors (Lipinski definition) is 0. The van der Waals surface area contributed by atoms with Crippen LogP contribution in [-0.2, 0) is 14.3 Å². The van der Waals surface area contributed by atoms with E-state index >= 15 is 0 Å². The lowest BCUT2D eigenvalue weighted by atomic mass is 9.92. The number of ether oxygens (including phenoxy) is 1. The van der Waals surface area contributed by atoms with Gasteiger partial charge in [0, 0.05) is 30.9 Å². The lowest BCUT2D eigenvalue weighted by Crippen LogP contribution is -2.38. The molecule has 3 aliphatic rings. The zero-order valence-corrected chi connectivity index (χ0v) is 18.8. The van der Waals surface area contributed by atoms with Crippen molar-refractivity contribution in [3.8, 4) is 0 Å². The van der Waals surface area contributed by atoms with Gasteiger partial charge >= 0.3 is 5.97 Å². The van der Waals surface area contributed by atoms with Crippen molar-refractivity contribution in [2.75, 3.05) is 20.2 Å². The third kappa shape index (κ3) is 4.02. The Morgan fingerprint density at radius 1 is 1.25 bits per heavy atom. The van der Waals surface area contributed by atoms with Gasteiger partial charge in [0.15, 0.2) is 5.17 Å². The number of nitrogens with zero attached hydrogens (tertiary/aromatic N) is 4. The van der Waals surface area contributed by atoms with E-state index in [9.17, 15) is 19.7 Å². The van der Waals surface area contributed by atoms with Gasteiger partial charge in [0.1, 0.15) is 0 Å². The number of fused-ring (bicyclic) bond motifs is 1. The van der Waals surface area contributed by atoms with Crippen LogP contribution in [0.2, 0.25) is 0 Å². The Morgan fingerprint density at radius 3 is 2.53 bits per heavy atom. The predicted molar refractivity (Wildman–Crippen MR) is 121 cm³/mol. The molecular formula is C22H24N4O5S. The minimum absolute atomic E-state index is 0.0338. The normalized spacial score (nSPS) is 20.1. The van der Waals surface area contributed by atoms with Crippen molar-refractivity contribution in [1.29, 1.82) is 0 Å². The van der Waals surface area contributed by atoms with Crippen molar-refractivity contribution >= 4 is 34.5 Å². The van der Waals surface area contributed by atoms with Crippen molar-refractivity contribution < 1.29 is 19.2 Å². The van der Waals surface area contributed by atoms with Crippen molar-refractivity contribution in [3.63, 3.8) is 0 Å². The Hall–Kier alpha value is -3.14. The number of aliphatic imine (C=N–C) groups is 1. The summed E-state index contributed by atoms with van der Waals surface area (Å²) in [6.07, 6.45) is 2.74. The number of rotatable bonds is 6. The molecule has 4 rings (SSSR count). The summed E-state index contributed by atoms with van der Waals surface area (Å²) in [6.45, 7) is 3.44. The summed E-state index contributed by atoms with van der Waals surface area (Å²) in [4.78, 5) is 44.8. The van der Waals surface area contributed by atoms with Crippen molar-refractivity contribution in [3.05, 3.63) is 62.3 Å². The topological polar surface area (TPSA) is 105 Å². The molecule has 1 aromatic rings. The molecule has 0 aromatic heterocycles. The van der Waals surface area contributed by atoms with Gasteiger partial charge in [-0.05, 0) is 42.4 Å². The molecule has 1 aromatic carbocycles. The van der Waals surface area contributed by atoms with Crippen LogP contribution in [0.3, 0.4) is 0 Å². The molecule has 1 atom stereocenters. The molecule has 0 bridgehead atoms. The number of methoxy groups -OCH3 is 1. The largest absolute Gasteiger partial charge is 0.466 e. The molecule has 0 radical (unpaired) electrons. The van der Waals surface area contributed by atoms with Gasteiger partial charge in [-0.1, -0.05) is 18.7 Å². The van der Waals surface area contributed by atoms with Gasteiger partial charge in [-0.3, -0.25) is 14.9 Å². The van der Waals surface area contributed by atoms with Crippen LogP contribution in [-0.4, -0.2) is 52.0 Å². The number of thioether (sulfide) groups is 1. The van der Waals surface area contributed by atoms with Crippen LogP contribution >= 0.6 is 11.8 Å². The summed E-state index contributed by atoms with van der Waals surface area (Å²) in [7, 11) is 1.32. The highest BCUT2D eigenvalue weighted by Crippen LogP contribution is 2.45. The Labute approximate surface area is 190 Å². The van der Waals surface area contributed by atoms with E-state index in [1.807, 2.05) is 22.1 Å². The summed E-state index contributed by atoms with van der Waals surface area (Å²) < 4.78 is 5.08. The highest BCUT2D eigenvalue weighted by molar-refractivity contribution is 8.16. The van der Waals surface area contributed by atoms with Crippen LogP contribution in [0, 0.1) is 10.1 Å². The molecule has 3 heterocycles. The maximum atomic E-state index is 12.9. The van der Waals surface area contributed by atoms with Crippen LogP contribution in [0.1, 0.15) is 44.2 Å². The third-order valence-corrected chi connectivity index (χ3v) is 6.73. The third-order valence-electron chi connectivity index (χ3n) is 5.84. The average molecular weight is 457 g/mol. The maximum absolute atomic E-state index is 12.9. The summed E-state index contributed by atoms with van der Waals surface area (Å²) in [6, 6.07) is 5.54. The van der Waals surface area contributed by atoms with Crippen LogP contribution in [0.5, 0.6) is 0 Å². The highest BCUT2D eigenvalue weighted by Gasteiger charge is 2.42. The molecule has 1 saturated heterocycles. The SMILES string of the molecule is CCC1=C(C(=O)OC)C(c2ccc([N+](=O)[O-])cc2)N2C(CC(=O)N3CCCC3)=CSC2=N1. The maximum Gasteiger partial charge on any atom is 0.338 e. The molecule has 32 heavy (non-hydrogen) atoms. The number of non-ortho nitro benzene ring substituents is 1. The minimum Gasteiger partial charge on any atom is -0.466 e. The monoisotopic (exact) mass is 456 g/mol. The van der Waals surface area contributed by atoms with Gasteiger partial charge in [0.2, 0.25) is 5.91 Å². The smallest absolute Gasteiger partial charge is 0.338 e. The number of hydrogen-bond acceptors (Lipinski definition) is 8. The number of amidine groups is 1. The Kier molecular flexibility index (Phi) is 6.31. The fourth-order valence-corrected chi connectivity index (χ4v) is 5.18. The van der Waals surface area contributed by atoms with E-state index in [4.69, 9.17) is 4.74 Å². The number of carbonyl (C=O) groups excluding carboxylic acids is 2. The first kappa shape index (κ1) is 22.1. The van der Waals surface area contributed by atoms with Crippen molar-refractivity contribution in [2.24, 2.45) is 4.99 Å². The number of benzene rings is 1. The fourth-order valence-electron chi connectivity index (χ4n) is 4.24. The average Bonchev–Trinajstić information content (AvgIpc) is 3.48. The highest BCUT2D eigenvalue weighted by atomic mass is 32.2. The van der Waals surface area contributed by atoms with E-state index in [0.717, 1.165) is 31.6 Å². The molecule has 1 fully saturated rings. The second-order valence-corrected chi connectivity index (χ2v) is 8.55. The molecular weight excluding hydrogens is 432 g/mol. The first-order valence-electron chi connectivity index (χ1n) is 10.5. The van der Waals surface area contributed by atoms with Crippen LogP contribution < -0.4 is 0 Å². The van der Waals surface area contributed by atoms with Crippen molar-refractivity contribution in [1.82, 2.24) is 9.80 Å². The van der Waals surface area contributed by atoms with Gasteiger partial charge in [0.25, 0.3) is 5.69 Å². The van der Waals surface area contributed by atoms with E-state index in [0.29, 0.717) is 28.4 Å². The number of carbonyl (C=O) groups is 2. The molecule has 168 valence electrons. The predicted octanol–water partition coefficient (Wildman–Crippen LogP) is 3.75. The molecule has 0 aliphatic carbocycles. The fraction of sp³-hybridized carbons (Fsp3) is 0.409. The van der Waals surface area contributed by atoms with Crippen LogP contribution in [0.15, 0.2) is 51.6 Å². The van der Waals surface area contributed by atoms with E-state index in [2.05, 4.69) is 4.99 Å². The van der Waals surface area contributed by atoms with Gasteiger partial charge < -0.3 is 14.5 Å². The molecule has 3 aliphatic heterocycles. The van der Waals surface area contributed by atoms with Gasteiger partial charge in [-0.15, -0.1) is 0 Å². The van der Waals surface area contributed by atoms with Gasteiger partial charge in [0.05, 0.1) is 35.8 Å². The zero-order chi connectivity index (χ0) is 22.8. The summed E-state index contributed by atoms with van der Waals surface area (Å²) >= 11 is 1.41. The summed E-state index contributed by atoms with van der Waals surface area (Å²) in [5.41, 5.74) is 2.41. The molecule has 1 unspecified atom stereocenters.